The molecule has 4 heteroatoms. The van der Waals surface area contributed by atoms with Crippen LogP contribution in [0.5, 0.6) is 5.75 Å². The van der Waals surface area contributed by atoms with E-state index in [1.807, 2.05) is 19.9 Å². The van der Waals surface area contributed by atoms with Crippen LogP contribution in [0.25, 0.3) is 0 Å². The van der Waals surface area contributed by atoms with Crippen molar-refractivity contribution in [1.29, 1.82) is 0 Å². The van der Waals surface area contributed by atoms with Crippen molar-refractivity contribution in [2.24, 2.45) is 0 Å². The summed E-state index contributed by atoms with van der Waals surface area (Å²) in [5.74, 6) is 0.582. The van der Waals surface area contributed by atoms with Gasteiger partial charge < -0.3 is 15.8 Å². The Morgan fingerprint density at radius 1 is 1.40 bits per heavy atom. The number of nitrogens with two attached hydrogens (primary N) is 1. The summed E-state index contributed by atoms with van der Waals surface area (Å²) in [5.41, 5.74) is 9.18. The monoisotopic (exact) mass is 206 g/mol. The molecule has 0 aliphatic carbocycles. The molecule has 1 aromatic rings. The second-order valence-corrected chi connectivity index (χ2v) is 3.77. The van der Waals surface area contributed by atoms with Gasteiger partial charge in [0.1, 0.15) is 0 Å². The number of hydrogen-bond donors (Lipinski definition) is 2. The number of anilines is 2. The number of amides is 1. The molecule has 0 fully saturated rings. The average Bonchev–Trinajstić information content (AvgIpc) is 2.37. The van der Waals surface area contributed by atoms with Crippen LogP contribution < -0.4 is 15.8 Å². The Balaban J connectivity index is 2.60. The van der Waals surface area contributed by atoms with Gasteiger partial charge in [-0.05, 0) is 25.0 Å². The summed E-state index contributed by atoms with van der Waals surface area (Å²) in [5, 5.41) is 2.81. The number of aryl methyl sites for hydroxylation is 2. The van der Waals surface area contributed by atoms with Crippen LogP contribution in [0.4, 0.5) is 11.4 Å². The number of rotatable bonds is 0. The molecule has 0 saturated carbocycles. The minimum atomic E-state index is -0.0277. The molecule has 0 bridgehead atoms. The Morgan fingerprint density at radius 2 is 2.13 bits per heavy atom. The first-order valence-corrected chi connectivity index (χ1v) is 4.92. The summed E-state index contributed by atoms with van der Waals surface area (Å²) in [6, 6.07) is 1.95. The van der Waals surface area contributed by atoms with E-state index in [1.165, 1.54) is 0 Å². The lowest BCUT2D eigenvalue weighted by atomic mass is 10.1. The van der Waals surface area contributed by atoms with Crippen LogP contribution in [0, 0.1) is 13.8 Å². The Hall–Kier alpha value is -1.71. The van der Waals surface area contributed by atoms with Crippen molar-refractivity contribution in [3.05, 3.63) is 17.2 Å². The van der Waals surface area contributed by atoms with Gasteiger partial charge in [-0.25, -0.2) is 0 Å². The Kier molecular flexibility index (Phi) is 2.26. The molecular formula is C11H14N2O2. The van der Waals surface area contributed by atoms with E-state index in [2.05, 4.69) is 5.32 Å². The summed E-state index contributed by atoms with van der Waals surface area (Å²) in [6.45, 7) is 4.24. The minimum absolute atomic E-state index is 0.0277. The fourth-order valence-corrected chi connectivity index (χ4v) is 1.72. The van der Waals surface area contributed by atoms with Gasteiger partial charge in [-0.1, -0.05) is 6.07 Å². The van der Waals surface area contributed by atoms with Crippen molar-refractivity contribution in [2.45, 2.75) is 20.3 Å². The molecule has 3 N–H and O–H groups in total. The van der Waals surface area contributed by atoms with Crippen molar-refractivity contribution in [3.8, 4) is 5.75 Å². The van der Waals surface area contributed by atoms with Gasteiger partial charge in [0.25, 0.3) is 0 Å². The number of ether oxygens (including phenoxy) is 1. The second-order valence-electron chi connectivity index (χ2n) is 3.77. The van der Waals surface area contributed by atoms with E-state index in [9.17, 15) is 4.79 Å². The van der Waals surface area contributed by atoms with Gasteiger partial charge >= 0.3 is 0 Å². The molecule has 0 saturated heterocycles. The lowest BCUT2D eigenvalue weighted by molar-refractivity contribution is -0.116. The molecular weight excluding hydrogens is 192 g/mol. The van der Waals surface area contributed by atoms with E-state index in [4.69, 9.17) is 10.5 Å². The third-order valence-electron chi connectivity index (χ3n) is 2.56. The zero-order valence-electron chi connectivity index (χ0n) is 8.89. The van der Waals surface area contributed by atoms with Crippen LogP contribution in [0.3, 0.4) is 0 Å². The second kappa shape index (κ2) is 3.46. The molecule has 0 aromatic heterocycles. The SMILES string of the molecule is Cc1cc(C)c2c(c1N)OCCC(=O)N2. The van der Waals surface area contributed by atoms with Gasteiger partial charge in [0.15, 0.2) is 5.75 Å². The van der Waals surface area contributed by atoms with Crippen molar-refractivity contribution in [1.82, 2.24) is 0 Å². The molecule has 0 spiro atoms. The largest absolute Gasteiger partial charge is 0.489 e. The molecule has 1 aliphatic rings. The van der Waals surface area contributed by atoms with Gasteiger partial charge in [-0.2, -0.15) is 0 Å². The van der Waals surface area contributed by atoms with Crippen molar-refractivity contribution < 1.29 is 9.53 Å². The Labute approximate surface area is 88.4 Å². The molecule has 1 aliphatic heterocycles. The number of benzene rings is 1. The van der Waals surface area contributed by atoms with Gasteiger partial charge in [-0.3, -0.25) is 4.79 Å². The van der Waals surface area contributed by atoms with E-state index < -0.39 is 0 Å². The number of fused-ring (bicyclic) bond motifs is 1. The molecule has 2 rings (SSSR count). The van der Waals surface area contributed by atoms with E-state index in [0.29, 0.717) is 30.2 Å². The van der Waals surface area contributed by atoms with Crippen LogP contribution in [0.15, 0.2) is 6.07 Å². The fourth-order valence-electron chi connectivity index (χ4n) is 1.72. The van der Waals surface area contributed by atoms with Crippen LogP contribution in [0.2, 0.25) is 0 Å². The lowest BCUT2D eigenvalue weighted by Gasteiger charge is -2.14. The Bertz CT molecular complexity index is 427. The fraction of sp³-hybridized carbons (Fsp3) is 0.364. The molecule has 4 nitrogen and oxygen atoms in total. The van der Waals surface area contributed by atoms with E-state index in [0.717, 1.165) is 11.1 Å². The predicted molar refractivity (Wildman–Crippen MR) is 59.1 cm³/mol. The Morgan fingerprint density at radius 3 is 2.87 bits per heavy atom. The minimum Gasteiger partial charge on any atom is -0.489 e. The van der Waals surface area contributed by atoms with Crippen molar-refractivity contribution in [2.75, 3.05) is 17.7 Å². The van der Waals surface area contributed by atoms with Crippen molar-refractivity contribution >= 4 is 17.3 Å². The number of carbonyl (C=O) groups is 1. The maximum absolute atomic E-state index is 11.4. The van der Waals surface area contributed by atoms with Crippen LogP contribution in [-0.4, -0.2) is 12.5 Å². The van der Waals surface area contributed by atoms with Gasteiger partial charge in [-0.15, -0.1) is 0 Å². The van der Waals surface area contributed by atoms with Crippen LogP contribution in [0.1, 0.15) is 17.5 Å². The maximum Gasteiger partial charge on any atom is 0.227 e. The zero-order valence-corrected chi connectivity index (χ0v) is 8.89. The average molecular weight is 206 g/mol. The summed E-state index contributed by atoms with van der Waals surface area (Å²) < 4.78 is 5.50. The normalized spacial score (nSPS) is 14.9. The standard InChI is InChI=1S/C11H14N2O2/c1-6-5-7(2)10-11(9(6)12)15-4-3-8(14)13-10/h5H,3-4,12H2,1-2H3,(H,13,14). The highest BCUT2D eigenvalue weighted by atomic mass is 16.5. The number of hydrogen-bond acceptors (Lipinski definition) is 3. The number of carbonyl (C=O) groups excluding carboxylic acids is 1. The molecule has 1 amide bonds. The zero-order chi connectivity index (χ0) is 11.0. The van der Waals surface area contributed by atoms with Crippen LogP contribution in [-0.2, 0) is 4.79 Å². The van der Waals surface area contributed by atoms with Crippen molar-refractivity contribution in [3.63, 3.8) is 0 Å². The smallest absolute Gasteiger partial charge is 0.227 e. The highest BCUT2D eigenvalue weighted by Crippen LogP contribution is 2.38. The first-order chi connectivity index (χ1) is 7.09. The topological polar surface area (TPSA) is 64.3 Å². The maximum atomic E-state index is 11.4. The van der Waals surface area contributed by atoms with E-state index >= 15 is 0 Å². The number of nitrogens with one attached hydrogen (secondary N) is 1. The van der Waals surface area contributed by atoms with E-state index in [1.54, 1.807) is 0 Å². The highest BCUT2D eigenvalue weighted by Gasteiger charge is 2.19. The summed E-state index contributed by atoms with van der Waals surface area (Å²) in [7, 11) is 0. The molecule has 1 aromatic carbocycles. The molecule has 15 heavy (non-hydrogen) atoms. The predicted octanol–water partition coefficient (Wildman–Crippen LogP) is 1.61. The third kappa shape index (κ3) is 1.63. The van der Waals surface area contributed by atoms with Gasteiger partial charge in [0.2, 0.25) is 5.91 Å². The molecule has 0 unspecified atom stereocenters. The molecule has 0 atom stereocenters. The molecule has 80 valence electrons. The highest BCUT2D eigenvalue weighted by molar-refractivity contribution is 5.95. The quantitative estimate of drug-likeness (QED) is 0.634. The lowest BCUT2D eigenvalue weighted by Crippen LogP contribution is -2.11. The third-order valence-corrected chi connectivity index (χ3v) is 2.56. The van der Waals surface area contributed by atoms with E-state index in [-0.39, 0.29) is 5.91 Å². The number of nitrogen functional groups attached to an aromatic ring is 1. The summed E-state index contributed by atoms with van der Waals surface area (Å²) >= 11 is 0. The first kappa shape index (κ1) is 9.83. The summed E-state index contributed by atoms with van der Waals surface area (Å²) in [6.07, 6.45) is 0.368. The van der Waals surface area contributed by atoms with Gasteiger partial charge in [0, 0.05) is 0 Å². The molecule has 0 radical (unpaired) electrons. The molecule has 1 heterocycles. The van der Waals surface area contributed by atoms with Crippen LogP contribution >= 0.6 is 0 Å². The van der Waals surface area contributed by atoms with Gasteiger partial charge in [0.05, 0.1) is 24.4 Å². The summed E-state index contributed by atoms with van der Waals surface area (Å²) in [4.78, 5) is 11.4. The first-order valence-electron chi connectivity index (χ1n) is 4.92.